The van der Waals surface area contributed by atoms with Gasteiger partial charge >= 0.3 is 6.72 Å². The van der Waals surface area contributed by atoms with E-state index in [1.807, 2.05) is 144 Å². The number of hydrogen-bond donors (Lipinski definition) is 1. The lowest BCUT2D eigenvalue weighted by molar-refractivity contribution is -0.0939. The predicted octanol–water partition coefficient (Wildman–Crippen LogP) is 13.2. The molecule has 12 aromatic rings. The van der Waals surface area contributed by atoms with E-state index in [-0.39, 0.29) is 67.7 Å². The summed E-state index contributed by atoms with van der Waals surface area (Å²) in [6.07, 6.45) is 3.78. The molecule has 1 saturated heterocycles. The number of benzene rings is 7. The summed E-state index contributed by atoms with van der Waals surface area (Å²) in [5, 5.41) is 12.8. The zero-order valence-electron chi connectivity index (χ0n) is 52.2. The number of alkyl halides is 1. The highest BCUT2D eigenvalue weighted by molar-refractivity contribution is 8.07. The van der Waals surface area contributed by atoms with E-state index < -0.39 is 48.4 Å². The molecule has 1 aliphatic carbocycles. The lowest BCUT2D eigenvalue weighted by Crippen LogP contribution is -2.46. The van der Waals surface area contributed by atoms with Crippen LogP contribution in [-0.2, 0) is 50.8 Å². The summed E-state index contributed by atoms with van der Waals surface area (Å²) in [6, 6.07) is 65.8. The maximum absolute atomic E-state index is 18.7. The summed E-state index contributed by atoms with van der Waals surface area (Å²) in [6.45, 7) is -4.49. The van der Waals surface area contributed by atoms with Gasteiger partial charge in [-0.2, -0.15) is 5.26 Å². The van der Waals surface area contributed by atoms with Gasteiger partial charge < -0.3 is 42.6 Å². The molecule has 96 heavy (non-hydrogen) atoms. The van der Waals surface area contributed by atoms with Crippen molar-refractivity contribution in [2.45, 2.75) is 54.7 Å². The molecule has 7 aromatic carbocycles. The molecule has 0 spiro atoms. The van der Waals surface area contributed by atoms with Gasteiger partial charge in [-0.3, -0.25) is 18.3 Å². The molecular formula is C73H65FN11O9PS. The first kappa shape index (κ1) is 63.5. The van der Waals surface area contributed by atoms with Crippen molar-refractivity contribution in [1.82, 2.24) is 43.4 Å². The molecule has 6 heterocycles. The third-order valence-corrected chi connectivity index (χ3v) is 20.3. The molecule has 2 aliphatic rings. The van der Waals surface area contributed by atoms with Crippen molar-refractivity contribution in [2.24, 2.45) is 11.8 Å². The van der Waals surface area contributed by atoms with E-state index in [0.29, 0.717) is 51.4 Å². The number of halogens is 1. The minimum Gasteiger partial charge on any atom is -0.497 e. The van der Waals surface area contributed by atoms with Crippen LogP contribution in [0, 0.1) is 23.2 Å². The number of aromatic nitrogens is 9. The topological polar surface area (TPSA) is 218 Å². The van der Waals surface area contributed by atoms with Crippen molar-refractivity contribution in [3.05, 3.63) is 277 Å². The summed E-state index contributed by atoms with van der Waals surface area (Å²) in [4.78, 5) is 41.4. The first-order valence-electron chi connectivity index (χ1n) is 31.3. The summed E-state index contributed by atoms with van der Waals surface area (Å²) >= 11 is 6.46. The van der Waals surface area contributed by atoms with E-state index in [1.165, 1.54) is 17.2 Å². The van der Waals surface area contributed by atoms with Gasteiger partial charge in [0.25, 0.3) is 5.91 Å². The van der Waals surface area contributed by atoms with Gasteiger partial charge in [0.2, 0.25) is 0 Å². The number of anilines is 1. The minimum atomic E-state index is -4.13. The normalized spacial score (nSPS) is 19.4. The second-order valence-corrected chi connectivity index (χ2v) is 26.3. The number of carbonyl (C=O) groups is 1. The Bertz CT molecular complexity index is 4580. The number of fused-ring (bicyclic) bond motifs is 4. The number of methoxy groups -OCH3 is 2. The maximum Gasteiger partial charge on any atom is 0.327 e. The molecular weight excluding hydrogens is 1260 g/mol. The quantitative estimate of drug-likeness (QED) is 0.0303. The number of ether oxygens (including phenoxy) is 5. The number of hydrogen-bond acceptors (Lipinski definition) is 17. The second-order valence-electron chi connectivity index (χ2n) is 23.3. The number of carbonyl (C=O) groups excluding carboxylic acids is 1. The molecule has 23 heteroatoms. The molecule has 1 aliphatic heterocycles. The molecule has 1 amide bonds. The second kappa shape index (κ2) is 27.8. The molecule has 484 valence electrons. The summed E-state index contributed by atoms with van der Waals surface area (Å²) in [5.74, 6) is 0.311. The van der Waals surface area contributed by atoms with Crippen molar-refractivity contribution in [2.75, 3.05) is 46.0 Å². The number of nitrogens with zero attached hydrogens (tertiary/aromatic N) is 10. The molecule has 1 unspecified atom stereocenters. The standard InChI is InChI=1S/C73H65FN11O9PS/c1-87-57-33-29-55(30-34-57)73(54-27-16-7-17-28-54,56-31-35-58(88-2)36-32-56)90-44-61-65(62(74)71(93-61)85-48-79-63-66(77-45-78-68(63)85)82-70(86)49-19-8-3-9-20-49)94-95(96,91-40-18-37-75)92-42-50-41-60(84-47-80-64-67-76-38-39-83(67)46-81-69(64)84)59(50)43-89-72(51-21-10-4-11-22-51,52-23-12-5-13-24-52)53-25-14-6-15-26-53/h3-17,19-36,38-39,45-48,50,59-62,65,71H,18,40-44H2,1-2H3,(H,77,78,82,86)/t50-,59-,60-,61-,62-,65-,71-,95?/m1/s1. The first-order valence-corrected chi connectivity index (χ1v) is 33.9. The summed E-state index contributed by atoms with van der Waals surface area (Å²) in [7, 11) is 3.19. The lowest BCUT2D eigenvalue weighted by Gasteiger charge is -2.47. The zero-order valence-corrected chi connectivity index (χ0v) is 53.9. The fourth-order valence-electron chi connectivity index (χ4n) is 13.1. The van der Waals surface area contributed by atoms with Crippen molar-refractivity contribution < 1.29 is 46.4 Å². The van der Waals surface area contributed by atoms with E-state index >= 15 is 4.39 Å². The molecule has 1 saturated carbocycles. The van der Waals surface area contributed by atoms with Gasteiger partial charge in [0.05, 0.1) is 65.8 Å². The first-order chi connectivity index (χ1) is 47.1. The average Bonchev–Trinajstić information content (AvgIpc) is 1.79. The predicted molar refractivity (Wildman–Crippen MR) is 360 cm³/mol. The Labute approximate surface area is 557 Å². The van der Waals surface area contributed by atoms with E-state index in [1.54, 1.807) is 63.4 Å². The highest BCUT2D eigenvalue weighted by Crippen LogP contribution is 2.57. The highest BCUT2D eigenvalue weighted by Gasteiger charge is 2.53. The Morgan fingerprint density at radius 2 is 1.16 bits per heavy atom. The van der Waals surface area contributed by atoms with Crippen LogP contribution in [-0.4, -0.2) is 108 Å². The number of amides is 1. The van der Waals surface area contributed by atoms with Crippen LogP contribution in [0.4, 0.5) is 10.2 Å². The van der Waals surface area contributed by atoms with E-state index in [9.17, 15) is 10.1 Å². The zero-order chi connectivity index (χ0) is 65.6. The SMILES string of the molecule is COc1ccc(C(OC[C@H]2O[C@@H](n3cnc4c(NC(=O)c5ccccc5)ncnc43)[C@H](F)[C@@H]2OP(=S)(OCCC#N)OC[C@H]2C[C@@H](n3cnc4c3ncn3ccnc43)[C@@H]2COC(c2ccccc2)(c2ccccc2)c2ccccc2)(c2ccccc2)c2ccc(OC)cc2)cc1. The van der Waals surface area contributed by atoms with Crippen LogP contribution >= 0.6 is 6.72 Å². The molecule has 14 rings (SSSR count). The van der Waals surface area contributed by atoms with Gasteiger partial charge in [-0.15, -0.1) is 0 Å². The average molecular weight is 1320 g/mol. The fraction of sp³-hybridized carbons (Fsp3) is 0.233. The van der Waals surface area contributed by atoms with E-state index in [2.05, 4.69) is 72.3 Å². The Balaban J connectivity index is 0.832. The number of rotatable bonds is 26. The maximum atomic E-state index is 18.7. The number of nitrogens with one attached hydrogen (secondary N) is 1. The van der Waals surface area contributed by atoms with Gasteiger partial charge in [-0.05, 0) is 93.9 Å². The molecule has 1 N–H and O–H groups in total. The molecule has 0 bridgehead atoms. The third-order valence-electron chi connectivity index (χ3n) is 18.0. The monoisotopic (exact) mass is 1320 g/mol. The van der Waals surface area contributed by atoms with Crippen LogP contribution in [0.25, 0.3) is 28.0 Å². The van der Waals surface area contributed by atoms with Gasteiger partial charge in [0.1, 0.15) is 47.6 Å². The van der Waals surface area contributed by atoms with E-state index in [4.69, 9.17) is 59.0 Å². The highest BCUT2D eigenvalue weighted by atomic mass is 32.5. The minimum absolute atomic E-state index is 0.0321. The van der Waals surface area contributed by atoms with Crippen LogP contribution in [0.3, 0.4) is 0 Å². The van der Waals surface area contributed by atoms with Crippen LogP contribution in [0.2, 0.25) is 0 Å². The largest absolute Gasteiger partial charge is 0.497 e. The third kappa shape index (κ3) is 12.2. The Kier molecular flexibility index (Phi) is 18.4. The van der Waals surface area contributed by atoms with Gasteiger partial charge in [0, 0.05) is 29.9 Å². The Morgan fingerprint density at radius 3 is 1.73 bits per heavy atom. The molecule has 8 atom stereocenters. The van der Waals surface area contributed by atoms with Crippen LogP contribution in [0.1, 0.15) is 68.9 Å². The van der Waals surface area contributed by atoms with Gasteiger partial charge in [-0.25, -0.2) is 34.3 Å². The van der Waals surface area contributed by atoms with Crippen molar-refractivity contribution in [3.8, 4) is 17.6 Å². The smallest absolute Gasteiger partial charge is 0.327 e. The molecule has 0 radical (unpaired) electrons. The van der Waals surface area contributed by atoms with Crippen molar-refractivity contribution >= 4 is 58.2 Å². The molecule has 20 nitrogen and oxygen atoms in total. The fourth-order valence-corrected chi connectivity index (χ4v) is 15.3. The van der Waals surface area contributed by atoms with Crippen molar-refractivity contribution in [3.63, 3.8) is 0 Å². The van der Waals surface area contributed by atoms with Gasteiger partial charge in [-0.1, -0.05) is 164 Å². The number of nitriles is 1. The summed E-state index contributed by atoms with van der Waals surface area (Å²) in [5.41, 5.74) is 5.11. The van der Waals surface area contributed by atoms with Crippen LogP contribution < -0.4 is 14.8 Å². The van der Waals surface area contributed by atoms with Gasteiger partial charge in [0.15, 0.2) is 46.2 Å². The lowest BCUT2D eigenvalue weighted by atomic mass is 9.69. The molecule has 2 fully saturated rings. The Hall–Kier alpha value is -9.92. The van der Waals surface area contributed by atoms with Crippen LogP contribution in [0.5, 0.6) is 11.5 Å². The molecule has 5 aromatic heterocycles. The van der Waals surface area contributed by atoms with Crippen molar-refractivity contribution in [1.29, 1.82) is 5.26 Å². The Morgan fingerprint density at radius 1 is 0.625 bits per heavy atom. The number of imidazole rings is 3. The summed E-state index contributed by atoms with van der Waals surface area (Å²) < 4.78 is 77.6. The van der Waals surface area contributed by atoms with E-state index in [0.717, 1.165) is 22.3 Å². The van der Waals surface area contributed by atoms with Crippen LogP contribution in [0.15, 0.2) is 238 Å².